The lowest BCUT2D eigenvalue weighted by Gasteiger charge is -2.28. The summed E-state index contributed by atoms with van der Waals surface area (Å²) < 4.78 is 62.5. The highest BCUT2D eigenvalue weighted by molar-refractivity contribution is 9.10. The molecule has 0 aliphatic heterocycles. The number of carbonyl (C=O) groups excluding carboxylic acids is 1. The Hall–Kier alpha value is -3.70. The standard InChI is InChI=1S/C28H25BrF4N2O4/c1-2-13-34(15-19-9-5-3-6-10-19)16-21-22(29)14-23(39-18-20-11-7-4-8-12-20)26(25(21)30)35(17-24(36)37)27(38)28(31,32)33/h2-12,14H,1,13,15-18H2,(H,36,37). The first-order valence-corrected chi connectivity index (χ1v) is 12.5. The maximum absolute atomic E-state index is 16.2. The number of rotatable bonds is 12. The maximum Gasteiger partial charge on any atom is 0.471 e. The van der Waals surface area contributed by atoms with Crippen LogP contribution in [0.2, 0.25) is 0 Å². The molecule has 3 rings (SSSR count). The van der Waals surface area contributed by atoms with Crippen molar-refractivity contribution in [1.82, 2.24) is 4.90 Å². The molecule has 6 nitrogen and oxygen atoms in total. The smallest absolute Gasteiger partial charge is 0.471 e. The van der Waals surface area contributed by atoms with Gasteiger partial charge in [0.2, 0.25) is 0 Å². The van der Waals surface area contributed by atoms with Gasteiger partial charge in [-0.3, -0.25) is 19.4 Å². The van der Waals surface area contributed by atoms with Gasteiger partial charge in [-0.15, -0.1) is 6.58 Å². The molecule has 0 spiro atoms. The van der Waals surface area contributed by atoms with Gasteiger partial charge in [0.1, 0.15) is 24.6 Å². The largest absolute Gasteiger partial charge is 0.487 e. The Morgan fingerprint density at radius 1 is 1.00 bits per heavy atom. The molecule has 3 aromatic carbocycles. The normalized spacial score (nSPS) is 11.3. The number of hydrogen-bond acceptors (Lipinski definition) is 4. The Labute approximate surface area is 231 Å². The van der Waals surface area contributed by atoms with Gasteiger partial charge in [-0.2, -0.15) is 13.2 Å². The Balaban J connectivity index is 2.11. The quantitative estimate of drug-likeness (QED) is 0.192. The van der Waals surface area contributed by atoms with E-state index >= 15 is 4.39 Å². The van der Waals surface area contributed by atoms with Crippen molar-refractivity contribution in [3.8, 4) is 5.75 Å². The SMILES string of the molecule is C=CCN(Cc1ccccc1)Cc1c(Br)cc(OCc2ccccc2)c(N(CC(=O)O)C(=O)C(F)(F)F)c1F. The Bertz CT molecular complexity index is 1300. The molecule has 0 heterocycles. The van der Waals surface area contributed by atoms with Crippen molar-refractivity contribution in [1.29, 1.82) is 0 Å². The Kier molecular flexibility index (Phi) is 10.2. The summed E-state index contributed by atoms with van der Waals surface area (Å²) in [5, 5.41) is 9.30. The molecule has 1 amide bonds. The van der Waals surface area contributed by atoms with Crippen LogP contribution in [0.1, 0.15) is 16.7 Å². The van der Waals surface area contributed by atoms with E-state index in [0.717, 1.165) is 5.56 Å². The molecule has 0 unspecified atom stereocenters. The van der Waals surface area contributed by atoms with Gasteiger partial charge in [0.05, 0.1) is 0 Å². The molecule has 0 atom stereocenters. The van der Waals surface area contributed by atoms with Gasteiger partial charge in [-0.25, -0.2) is 4.39 Å². The van der Waals surface area contributed by atoms with E-state index in [1.54, 1.807) is 41.3 Å². The van der Waals surface area contributed by atoms with E-state index in [2.05, 4.69) is 22.5 Å². The molecule has 3 aromatic rings. The summed E-state index contributed by atoms with van der Waals surface area (Å²) in [6, 6.07) is 19.0. The summed E-state index contributed by atoms with van der Waals surface area (Å²) in [7, 11) is 0. The summed E-state index contributed by atoms with van der Waals surface area (Å²) in [4.78, 5) is 25.4. The van der Waals surface area contributed by atoms with E-state index in [4.69, 9.17) is 4.74 Å². The fourth-order valence-electron chi connectivity index (χ4n) is 3.84. The van der Waals surface area contributed by atoms with E-state index in [0.29, 0.717) is 18.7 Å². The highest BCUT2D eigenvalue weighted by Gasteiger charge is 2.45. The first kappa shape index (κ1) is 29.9. The lowest BCUT2D eigenvalue weighted by Crippen LogP contribution is -2.44. The van der Waals surface area contributed by atoms with E-state index in [-0.39, 0.29) is 28.1 Å². The molecule has 206 valence electrons. The Morgan fingerprint density at radius 2 is 1.59 bits per heavy atom. The third kappa shape index (κ3) is 8.14. The monoisotopic (exact) mass is 608 g/mol. The molecule has 0 saturated heterocycles. The number of ether oxygens (including phenoxy) is 1. The summed E-state index contributed by atoms with van der Waals surface area (Å²) in [5.41, 5.74) is 0.530. The fraction of sp³-hybridized carbons (Fsp3) is 0.214. The highest BCUT2D eigenvalue weighted by atomic mass is 79.9. The zero-order valence-electron chi connectivity index (χ0n) is 20.6. The second-order valence-corrected chi connectivity index (χ2v) is 9.35. The first-order chi connectivity index (χ1) is 18.5. The first-order valence-electron chi connectivity index (χ1n) is 11.7. The van der Waals surface area contributed by atoms with Crippen molar-refractivity contribution < 1.29 is 37.0 Å². The summed E-state index contributed by atoms with van der Waals surface area (Å²) >= 11 is 3.29. The van der Waals surface area contributed by atoms with Crippen LogP contribution in [0.25, 0.3) is 0 Å². The minimum Gasteiger partial charge on any atom is -0.487 e. The number of aliphatic carboxylic acids is 1. The lowest BCUT2D eigenvalue weighted by atomic mass is 10.1. The third-order valence-corrected chi connectivity index (χ3v) is 6.27. The molecule has 0 bridgehead atoms. The average Bonchev–Trinajstić information content (AvgIpc) is 2.89. The van der Waals surface area contributed by atoms with Crippen LogP contribution in [0.5, 0.6) is 5.75 Å². The summed E-state index contributed by atoms with van der Waals surface area (Å²) in [5.74, 6) is -5.94. The number of halogens is 5. The molecule has 1 N–H and O–H groups in total. The van der Waals surface area contributed by atoms with Crippen LogP contribution in [0.4, 0.5) is 23.2 Å². The number of amides is 1. The predicted molar refractivity (Wildman–Crippen MR) is 142 cm³/mol. The molecular formula is C28H25BrF4N2O4. The average molecular weight is 609 g/mol. The molecule has 0 aromatic heterocycles. The van der Waals surface area contributed by atoms with E-state index in [1.165, 1.54) is 6.07 Å². The van der Waals surface area contributed by atoms with E-state index in [1.807, 2.05) is 30.3 Å². The topological polar surface area (TPSA) is 70.1 Å². The Morgan fingerprint density at radius 3 is 2.13 bits per heavy atom. The third-order valence-electron chi connectivity index (χ3n) is 5.56. The number of carbonyl (C=O) groups is 2. The van der Waals surface area contributed by atoms with Gasteiger partial charge in [0.25, 0.3) is 0 Å². The molecule has 11 heteroatoms. The summed E-state index contributed by atoms with van der Waals surface area (Å²) in [6.45, 7) is 2.69. The van der Waals surface area contributed by atoms with E-state index < -0.39 is 41.9 Å². The van der Waals surface area contributed by atoms with Gasteiger partial charge in [-0.05, 0) is 17.2 Å². The van der Waals surface area contributed by atoms with Crippen molar-refractivity contribution in [2.24, 2.45) is 0 Å². The molecular weight excluding hydrogens is 584 g/mol. The van der Waals surface area contributed by atoms with Crippen LogP contribution >= 0.6 is 15.9 Å². The van der Waals surface area contributed by atoms with Crippen LogP contribution in [-0.4, -0.2) is 41.1 Å². The second kappa shape index (κ2) is 13.4. The zero-order chi connectivity index (χ0) is 28.6. The number of anilines is 1. The van der Waals surface area contributed by atoms with Crippen molar-refractivity contribution >= 4 is 33.5 Å². The van der Waals surface area contributed by atoms with Crippen LogP contribution in [0, 0.1) is 5.82 Å². The van der Waals surface area contributed by atoms with Crippen molar-refractivity contribution in [2.45, 2.75) is 25.9 Å². The minimum atomic E-state index is -5.46. The van der Waals surface area contributed by atoms with Crippen LogP contribution in [0.15, 0.2) is 83.9 Å². The molecule has 39 heavy (non-hydrogen) atoms. The van der Waals surface area contributed by atoms with Crippen molar-refractivity contribution in [2.75, 3.05) is 18.0 Å². The number of hydrogen-bond donors (Lipinski definition) is 1. The number of alkyl halides is 3. The van der Waals surface area contributed by atoms with Crippen molar-refractivity contribution in [3.05, 3.63) is 106 Å². The molecule has 0 aliphatic rings. The second-order valence-electron chi connectivity index (χ2n) is 8.50. The number of carboxylic acids is 1. The van der Waals surface area contributed by atoms with Crippen LogP contribution in [0.3, 0.4) is 0 Å². The molecule has 0 fully saturated rings. The van der Waals surface area contributed by atoms with Gasteiger partial charge in [-0.1, -0.05) is 82.7 Å². The molecule has 0 radical (unpaired) electrons. The molecule has 0 saturated carbocycles. The molecule has 0 aliphatic carbocycles. The predicted octanol–water partition coefficient (Wildman–Crippen LogP) is 6.34. The zero-order valence-corrected chi connectivity index (χ0v) is 22.2. The lowest BCUT2D eigenvalue weighted by molar-refractivity contribution is -0.171. The maximum atomic E-state index is 16.2. The van der Waals surface area contributed by atoms with E-state index in [9.17, 15) is 27.9 Å². The highest BCUT2D eigenvalue weighted by Crippen LogP contribution is 2.40. The number of carboxylic acid groups (broad SMARTS) is 1. The van der Waals surface area contributed by atoms with Gasteiger partial charge in [0.15, 0.2) is 5.82 Å². The van der Waals surface area contributed by atoms with Crippen LogP contribution < -0.4 is 9.64 Å². The van der Waals surface area contributed by atoms with Crippen molar-refractivity contribution in [3.63, 3.8) is 0 Å². The van der Waals surface area contributed by atoms with Gasteiger partial charge >= 0.3 is 18.1 Å². The van der Waals surface area contributed by atoms with Gasteiger partial charge < -0.3 is 9.84 Å². The number of benzene rings is 3. The fourth-order valence-corrected chi connectivity index (χ4v) is 4.35. The summed E-state index contributed by atoms with van der Waals surface area (Å²) in [6.07, 6.45) is -3.87. The number of nitrogens with zero attached hydrogens (tertiary/aromatic N) is 2. The minimum absolute atomic E-state index is 0.0831. The van der Waals surface area contributed by atoms with Gasteiger partial charge in [0, 0.05) is 29.7 Å². The van der Waals surface area contributed by atoms with Crippen LogP contribution in [-0.2, 0) is 29.3 Å².